The van der Waals surface area contributed by atoms with Crippen LogP contribution in [0.3, 0.4) is 0 Å². The van der Waals surface area contributed by atoms with Crippen molar-refractivity contribution in [3.05, 3.63) is 35.3 Å². The zero-order valence-electron chi connectivity index (χ0n) is 13.8. The summed E-state index contributed by atoms with van der Waals surface area (Å²) >= 11 is 0. The van der Waals surface area contributed by atoms with Crippen molar-refractivity contribution in [1.29, 1.82) is 0 Å². The molecule has 1 unspecified atom stereocenters. The van der Waals surface area contributed by atoms with E-state index in [4.69, 9.17) is 4.42 Å². The van der Waals surface area contributed by atoms with Gasteiger partial charge in [-0.15, -0.1) is 0 Å². The maximum atomic E-state index is 12.3. The van der Waals surface area contributed by atoms with Gasteiger partial charge in [-0.05, 0) is 43.2 Å². The molecule has 21 heavy (non-hydrogen) atoms. The van der Waals surface area contributed by atoms with Gasteiger partial charge in [-0.3, -0.25) is 4.79 Å². The quantitative estimate of drug-likeness (QED) is 0.816. The molecular formula is C18H27NO2. The van der Waals surface area contributed by atoms with Crippen LogP contribution in [0.5, 0.6) is 0 Å². The lowest BCUT2D eigenvalue weighted by atomic mass is 9.85. The Morgan fingerprint density at radius 1 is 1.43 bits per heavy atom. The molecule has 1 heterocycles. The highest BCUT2D eigenvalue weighted by molar-refractivity contribution is 5.88. The molecule has 116 valence electrons. The second kappa shape index (κ2) is 6.08. The average Bonchev–Trinajstić information content (AvgIpc) is 3.13. The number of carbonyl (C=O) groups is 1. The summed E-state index contributed by atoms with van der Waals surface area (Å²) in [4.78, 5) is 12.3. The Balaban J connectivity index is 2.13. The first-order valence-electron chi connectivity index (χ1n) is 7.88. The molecule has 0 aliphatic heterocycles. The molecule has 3 heteroatoms. The lowest BCUT2D eigenvalue weighted by Crippen LogP contribution is -2.35. The Morgan fingerprint density at radius 3 is 2.57 bits per heavy atom. The zero-order chi connectivity index (χ0) is 15.6. The van der Waals surface area contributed by atoms with Crippen LogP contribution >= 0.6 is 0 Å². The fraction of sp³-hybridized carbons (Fsp3) is 0.611. The van der Waals surface area contributed by atoms with Crippen molar-refractivity contribution in [2.75, 3.05) is 0 Å². The van der Waals surface area contributed by atoms with Gasteiger partial charge in [0.05, 0.1) is 6.04 Å². The molecule has 1 saturated carbocycles. The van der Waals surface area contributed by atoms with Crippen molar-refractivity contribution in [2.45, 2.75) is 59.9 Å². The molecule has 1 aliphatic carbocycles. The van der Waals surface area contributed by atoms with Crippen LogP contribution < -0.4 is 5.32 Å². The van der Waals surface area contributed by atoms with Crippen LogP contribution in [0.15, 0.2) is 28.2 Å². The highest BCUT2D eigenvalue weighted by Crippen LogP contribution is 2.36. The molecule has 1 amide bonds. The number of allylic oxidation sites excluding steroid dienone is 1. The van der Waals surface area contributed by atoms with E-state index in [1.54, 1.807) is 6.08 Å². The smallest absolute Gasteiger partial charge is 0.244 e. The predicted molar refractivity (Wildman–Crippen MR) is 84.9 cm³/mol. The van der Waals surface area contributed by atoms with Gasteiger partial charge in [-0.1, -0.05) is 33.3 Å². The van der Waals surface area contributed by atoms with Gasteiger partial charge in [-0.25, -0.2) is 0 Å². The molecule has 2 rings (SSSR count). The van der Waals surface area contributed by atoms with E-state index < -0.39 is 0 Å². The van der Waals surface area contributed by atoms with Crippen molar-refractivity contribution in [3.63, 3.8) is 0 Å². The monoisotopic (exact) mass is 289 g/mol. The summed E-state index contributed by atoms with van der Waals surface area (Å²) in [6.45, 7) is 10.5. The summed E-state index contributed by atoms with van der Waals surface area (Å²) in [5.74, 6) is 2.40. The highest BCUT2D eigenvalue weighted by Gasteiger charge is 2.30. The summed E-state index contributed by atoms with van der Waals surface area (Å²) in [5, 5.41) is 3.12. The Bertz CT molecular complexity index is 530. The van der Waals surface area contributed by atoms with Crippen molar-refractivity contribution < 1.29 is 9.21 Å². The second-order valence-electron chi connectivity index (χ2n) is 7.13. The number of amides is 1. The van der Waals surface area contributed by atoms with Gasteiger partial charge in [0.15, 0.2) is 0 Å². The fourth-order valence-corrected chi connectivity index (χ4v) is 2.50. The highest BCUT2D eigenvalue weighted by atomic mass is 16.3. The molecule has 1 atom stereocenters. The maximum Gasteiger partial charge on any atom is 0.244 e. The van der Waals surface area contributed by atoms with Crippen LogP contribution in [0.1, 0.15) is 65.0 Å². The summed E-state index contributed by atoms with van der Waals surface area (Å²) in [5.41, 5.74) is 1.09. The summed E-state index contributed by atoms with van der Waals surface area (Å²) in [6.07, 6.45) is 5.05. The van der Waals surface area contributed by atoms with Crippen LogP contribution in [0.2, 0.25) is 0 Å². The molecule has 0 saturated heterocycles. The lowest BCUT2D eigenvalue weighted by molar-refractivity contribution is -0.118. The minimum atomic E-state index is -0.117. The van der Waals surface area contributed by atoms with Crippen LogP contribution in [0.4, 0.5) is 0 Å². The number of hydrogen-bond acceptors (Lipinski definition) is 2. The van der Waals surface area contributed by atoms with E-state index in [-0.39, 0.29) is 17.4 Å². The third kappa shape index (κ3) is 4.23. The Morgan fingerprint density at radius 2 is 2.10 bits per heavy atom. The summed E-state index contributed by atoms with van der Waals surface area (Å²) in [6, 6.07) is 3.85. The number of hydrogen-bond donors (Lipinski definition) is 1. The molecule has 0 spiro atoms. The standard InChI is InChI=1S/C18H27NO2/c1-6-14-9-10-15(21-14)17(18(3,4)5)19-16(20)11-12(2)13-7-8-13/h9-11,13,17H,6-8H2,1-5H3,(H,19,20)/b12-11-. The van der Waals surface area contributed by atoms with E-state index in [1.165, 1.54) is 18.4 Å². The zero-order valence-corrected chi connectivity index (χ0v) is 13.8. The van der Waals surface area contributed by atoms with Gasteiger partial charge in [0.25, 0.3) is 0 Å². The molecule has 1 N–H and O–H groups in total. The van der Waals surface area contributed by atoms with Crippen LogP contribution in [0, 0.1) is 11.3 Å². The largest absolute Gasteiger partial charge is 0.464 e. The minimum Gasteiger partial charge on any atom is -0.464 e. The number of nitrogens with one attached hydrogen (secondary N) is 1. The van der Waals surface area contributed by atoms with E-state index in [9.17, 15) is 4.79 Å². The van der Waals surface area contributed by atoms with Crippen molar-refractivity contribution in [2.24, 2.45) is 11.3 Å². The Kier molecular flexibility index (Phi) is 4.60. The van der Waals surface area contributed by atoms with Crippen molar-refractivity contribution in [1.82, 2.24) is 5.32 Å². The molecule has 0 aromatic carbocycles. The van der Waals surface area contributed by atoms with E-state index >= 15 is 0 Å². The average molecular weight is 289 g/mol. The molecule has 0 bridgehead atoms. The molecule has 1 aliphatic rings. The second-order valence-corrected chi connectivity index (χ2v) is 7.13. The van der Waals surface area contributed by atoms with E-state index in [0.29, 0.717) is 5.92 Å². The van der Waals surface area contributed by atoms with Gasteiger partial charge in [0.1, 0.15) is 11.5 Å². The van der Waals surface area contributed by atoms with Gasteiger partial charge >= 0.3 is 0 Å². The van der Waals surface area contributed by atoms with Gasteiger partial charge in [0.2, 0.25) is 5.91 Å². The topological polar surface area (TPSA) is 42.2 Å². The molecular weight excluding hydrogens is 262 g/mol. The summed E-state index contributed by atoms with van der Waals surface area (Å²) in [7, 11) is 0. The van der Waals surface area contributed by atoms with Crippen LogP contribution in [0.25, 0.3) is 0 Å². The minimum absolute atomic E-state index is 0.0197. The number of aryl methyl sites for hydroxylation is 1. The number of carbonyl (C=O) groups excluding carboxylic acids is 1. The van der Waals surface area contributed by atoms with Crippen molar-refractivity contribution >= 4 is 5.91 Å². The van der Waals surface area contributed by atoms with E-state index in [0.717, 1.165) is 17.9 Å². The first-order valence-corrected chi connectivity index (χ1v) is 7.88. The number of furan rings is 1. The predicted octanol–water partition coefficient (Wildman–Crippen LogP) is 4.40. The molecule has 1 aromatic rings. The normalized spacial score (nSPS) is 17.7. The first kappa shape index (κ1) is 15.9. The van der Waals surface area contributed by atoms with Crippen LogP contribution in [-0.2, 0) is 11.2 Å². The van der Waals surface area contributed by atoms with Gasteiger partial charge < -0.3 is 9.73 Å². The number of rotatable bonds is 5. The van der Waals surface area contributed by atoms with Gasteiger partial charge in [-0.2, -0.15) is 0 Å². The van der Waals surface area contributed by atoms with E-state index in [1.807, 2.05) is 19.1 Å². The molecule has 1 aromatic heterocycles. The van der Waals surface area contributed by atoms with Crippen molar-refractivity contribution in [3.8, 4) is 0 Å². The molecule has 0 radical (unpaired) electrons. The maximum absolute atomic E-state index is 12.3. The van der Waals surface area contributed by atoms with Gasteiger partial charge in [0, 0.05) is 12.5 Å². The third-order valence-corrected chi connectivity index (χ3v) is 4.05. The third-order valence-electron chi connectivity index (χ3n) is 4.05. The molecule has 1 fully saturated rings. The van der Waals surface area contributed by atoms with E-state index in [2.05, 4.69) is 33.0 Å². The Hall–Kier alpha value is -1.51. The van der Waals surface area contributed by atoms with Crippen LogP contribution in [-0.4, -0.2) is 5.91 Å². The lowest BCUT2D eigenvalue weighted by Gasteiger charge is -2.29. The fourth-order valence-electron chi connectivity index (χ4n) is 2.50. The first-order chi connectivity index (χ1) is 9.81. The summed E-state index contributed by atoms with van der Waals surface area (Å²) < 4.78 is 5.85. The SMILES string of the molecule is CCc1ccc(C(NC(=O)/C=C(/C)C2CC2)C(C)(C)C)o1. The molecule has 3 nitrogen and oxygen atoms in total. The Labute approximate surface area is 127 Å².